The summed E-state index contributed by atoms with van der Waals surface area (Å²) in [5.74, 6) is 1.75. The highest BCUT2D eigenvalue weighted by Crippen LogP contribution is 2.33. The standard InChI is InChI=1S/C10H13NO2/c1-2-12-7-3-4-10-8(5-7)9(11)6-13-10/h3-5,9H,2,6,11H2,1H3/t9-/m1/s1. The molecule has 0 spiro atoms. The van der Waals surface area contributed by atoms with Crippen LogP contribution in [0.15, 0.2) is 18.2 Å². The van der Waals surface area contributed by atoms with Crippen LogP contribution in [0.3, 0.4) is 0 Å². The van der Waals surface area contributed by atoms with Crippen LogP contribution in [0.5, 0.6) is 11.5 Å². The molecule has 1 aromatic rings. The highest BCUT2D eigenvalue weighted by Gasteiger charge is 2.20. The van der Waals surface area contributed by atoms with Gasteiger partial charge in [0.1, 0.15) is 18.1 Å². The zero-order valence-corrected chi connectivity index (χ0v) is 7.62. The van der Waals surface area contributed by atoms with E-state index in [1.807, 2.05) is 25.1 Å². The van der Waals surface area contributed by atoms with E-state index < -0.39 is 0 Å². The van der Waals surface area contributed by atoms with Crippen LogP contribution in [0, 0.1) is 0 Å². The fraction of sp³-hybridized carbons (Fsp3) is 0.400. The number of nitrogens with two attached hydrogens (primary N) is 1. The predicted octanol–water partition coefficient (Wildman–Crippen LogP) is 1.48. The molecule has 1 atom stereocenters. The highest BCUT2D eigenvalue weighted by molar-refractivity contribution is 5.44. The van der Waals surface area contributed by atoms with Crippen molar-refractivity contribution >= 4 is 0 Å². The Morgan fingerprint density at radius 1 is 1.62 bits per heavy atom. The van der Waals surface area contributed by atoms with Gasteiger partial charge in [0.15, 0.2) is 0 Å². The first-order valence-electron chi connectivity index (χ1n) is 4.46. The summed E-state index contributed by atoms with van der Waals surface area (Å²) in [6.45, 7) is 3.21. The predicted molar refractivity (Wildman–Crippen MR) is 50.0 cm³/mol. The lowest BCUT2D eigenvalue weighted by Crippen LogP contribution is -2.10. The third kappa shape index (κ3) is 1.47. The second kappa shape index (κ2) is 3.26. The van der Waals surface area contributed by atoms with Crippen LogP contribution in [0.4, 0.5) is 0 Å². The summed E-state index contributed by atoms with van der Waals surface area (Å²) < 4.78 is 10.7. The van der Waals surface area contributed by atoms with Crippen LogP contribution >= 0.6 is 0 Å². The molecule has 2 N–H and O–H groups in total. The lowest BCUT2D eigenvalue weighted by molar-refractivity contribution is 0.332. The molecule has 3 heteroatoms. The van der Waals surface area contributed by atoms with Gasteiger partial charge in [0, 0.05) is 5.56 Å². The molecular weight excluding hydrogens is 166 g/mol. The third-order valence-electron chi connectivity index (χ3n) is 2.11. The van der Waals surface area contributed by atoms with Crippen LogP contribution in [-0.4, -0.2) is 13.2 Å². The molecule has 0 saturated heterocycles. The molecule has 0 radical (unpaired) electrons. The Bertz CT molecular complexity index is 312. The number of hydrogen-bond acceptors (Lipinski definition) is 3. The average molecular weight is 179 g/mol. The second-order valence-corrected chi connectivity index (χ2v) is 3.05. The molecule has 2 rings (SSSR count). The maximum atomic E-state index is 5.83. The quantitative estimate of drug-likeness (QED) is 0.747. The summed E-state index contributed by atoms with van der Waals surface area (Å²) in [4.78, 5) is 0. The first-order chi connectivity index (χ1) is 6.31. The van der Waals surface area contributed by atoms with Gasteiger partial charge < -0.3 is 15.2 Å². The van der Waals surface area contributed by atoms with Crippen molar-refractivity contribution in [1.82, 2.24) is 0 Å². The molecule has 0 amide bonds. The minimum Gasteiger partial charge on any atom is -0.494 e. The normalized spacial score (nSPS) is 19.4. The van der Waals surface area contributed by atoms with Crippen molar-refractivity contribution in [2.45, 2.75) is 13.0 Å². The van der Waals surface area contributed by atoms with Crippen LogP contribution in [0.25, 0.3) is 0 Å². The molecule has 70 valence electrons. The van der Waals surface area contributed by atoms with Gasteiger partial charge in [-0.15, -0.1) is 0 Å². The Kier molecular flexibility index (Phi) is 2.10. The molecule has 0 aromatic heterocycles. The monoisotopic (exact) mass is 179 g/mol. The molecule has 1 aliphatic heterocycles. The van der Waals surface area contributed by atoms with Crippen molar-refractivity contribution in [2.24, 2.45) is 5.73 Å². The molecule has 0 unspecified atom stereocenters. The van der Waals surface area contributed by atoms with E-state index in [4.69, 9.17) is 15.2 Å². The van der Waals surface area contributed by atoms with E-state index in [0.717, 1.165) is 17.1 Å². The van der Waals surface area contributed by atoms with Crippen LogP contribution in [-0.2, 0) is 0 Å². The van der Waals surface area contributed by atoms with Crippen LogP contribution in [0.1, 0.15) is 18.5 Å². The Morgan fingerprint density at radius 3 is 3.23 bits per heavy atom. The summed E-state index contributed by atoms with van der Waals surface area (Å²) in [7, 11) is 0. The first-order valence-corrected chi connectivity index (χ1v) is 4.46. The maximum absolute atomic E-state index is 5.83. The van der Waals surface area contributed by atoms with Gasteiger partial charge in [0.2, 0.25) is 0 Å². The molecule has 1 aliphatic rings. The minimum absolute atomic E-state index is 0.00425. The molecular formula is C10H13NO2. The van der Waals surface area contributed by atoms with Crippen molar-refractivity contribution in [3.8, 4) is 11.5 Å². The van der Waals surface area contributed by atoms with E-state index in [1.165, 1.54) is 0 Å². The van der Waals surface area contributed by atoms with Crippen molar-refractivity contribution in [2.75, 3.05) is 13.2 Å². The number of ether oxygens (including phenoxy) is 2. The van der Waals surface area contributed by atoms with E-state index in [-0.39, 0.29) is 6.04 Å². The fourth-order valence-electron chi connectivity index (χ4n) is 1.47. The summed E-state index contributed by atoms with van der Waals surface area (Å²) in [5.41, 5.74) is 6.88. The van der Waals surface area contributed by atoms with Crippen molar-refractivity contribution in [3.63, 3.8) is 0 Å². The lowest BCUT2D eigenvalue weighted by atomic mass is 10.1. The van der Waals surface area contributed by atoms with Gasteiger partial charge in [0.05, 0.1) is 12.6 Å². The molecule has 1 aromatic carbocycles. The van der Waals surface area contributed by atoms with E-state index >= 15 is 0 Å². The van der Waals surface area contributed by atoms with Crippen molar-refractivity contribution in [1.29, 1.82) is 0 Å². The van der Waals surface area contributed by atoms with E-state index in [2.05, 4.69) is 0 Å². The summed E-state index contributed by atoms with van der Waals surface area (Å²) in [5, 5.41) is 0. The Morgan fingerprint density at radius 2 is 2.46 bits per heavy atom. The molecule has 1 heterocycles. The van der Waals surface area contributed by atoms with Crippen molar-refractivity contribution < 1.29 is 9.47 Å². The van der Waals surface area contributed by atoms with Gasteiger partial charge in [0.25, 0.3) is 0 Å². The highest BCUT2D eigenvalue weighted by atomic mass is 16.5. The van der Waals surface area contributed by atoms with Crippen molar-refractivity contribution in [3.05, 3.63) is 23.8 Å². The zero-order valence-electron chi connectivity index (χ0n) is 7.62. The van der Waals surface area contributed by atoms with Crippen LogP contribution < -0.4 is 15.2 Å². The Balaban J connectivity index is 2.31. The summed E-state index contributed by atoms with van der Waals surface area (Å²) in [6.07, 6.45) is 0. The van der Waals surface area contributed by atoms with E-state index in [1.54, 1.807) is 0 Å². The number of fused-ring (bicyclic) bond motifs is 1. The lowest BCUT2D eigenvalue weighted by Gasteiger charge is -2.05. The van der Waals surface area contributed by atoms with E-state index in [9.17, 15) is 0 Å². The van der Waals surface area contributed by atoms with Crippen LogP contribution in [0.2, 0.25) is 0 Å². The largest absolute Gasteiger partial charge is 0.494 e. The smallest absolute Gasteiger partial charge is 0.124 e. The first kappa shape index (κ1) is 8.38. The van der Waals surface area contributed by atoms with Gasteiger partial charge in [-0.3, -0.25) is 0 Å². The zero-order chi connectivity index (χ0) is 9.26. The summed E-state index contributed by atoms with van der Waals surface area (Å²) in [6, 6.07) is 5.76. The van der Waals surface area contributed by atoms with Gasteiger partial charge in [-0.1, -0.05) is 0 Å². The molecule has 13 heavy (non-hydrogen) atoms. The number of hydrogen-bond donors (Lipinski definition) is 1. The average Bonchev–Trinajstić information content (AvgIpc) is 2.49. The Hall–Kier alpha value is -1.22. The fourth-order valence-corrected chi connectivity index (χ4v) is 1.47. The molecule has 0 bridgehead atoms. The third-order valence-corrected chi connectivity index (χ3v) is 2.11. The number of benzene rings is 1. The maximum Gasteiger partial charge on any atom is 0.124 e. The van der Waals surface area contributed by atoms with Gasteiger partial charge in [-0.2, -0.15) is 0 Å². The molecule has 0 saturated carbocycles. The SMILES string of the molecule is CCOc1ccc2c(c1)[C@H](N)CO2. The molecule has 0 fully saturated rings. The minimum atomic E-state index is -0.00425. The Labute approximate surface area is 77.5 Å². The number of rotatable bonds is 2. The topological polar surface area (TPSA) is 44.5 Å². The summed E-state index contributed by atoms with van der Waals surface area (Å²) >= 11 is 0. The van der Waals surface area contributed by atoms with Gasteiger partial charge in [-0.25, -0.2) is 0 Å². The second-order valence-electron chi connectivity index (χ2n) is 3.05. The molecule has 3 nitrogen and oxygen atoms in total. The van der Waals surface area contributed by atoms with Gasteiger partial charge in [-0.05, 0) is 25.1 Å². The molecule has 0 aliphatic carbocycles. The van der Waals surface area contributed by atoms with Gasteiger partial charge >= 0.3 is 0 Å². The van der Waals surface area contributed by atoms with E-state index in [0.29, 0.717) is 13.2 Å².